The van der Waals surface area contributed by atoms with Crippen LogP contribution in [0.15, 0.2) is 29.2 Å². The molecule has 6 nitrogen and oxygen atoms in total. The number of hydrogen-bond acceptors (Lipinski definition) is 6. The predicted octanol–water partition coefficient (Wildman–Crippen LogP) is 4.14. The number of carbonyl (C=O) groups excluding carboxylic acids is 3. The highest BCUT2D eigenvalue weighted by Gasteiger charge is 2.42. The van der Waals surface area contributed by atoms with Crippen molar-refractivity contribution in [3.8, 4) is 0 Å². The average Bonchev–Trinajstić information content (AvgIpc) is 3.12. The Labute approximate surface area is 186 Å². The number of thiocarbonyl (C=S) groups is 1. The Hall–Kier alpha value is -2.19. The first-order chi connectivity index (χ1) is 14.3. The summed E-state index contributed by atoms with van der Waals surface area (Å²) in [5, 5.41) is 0. The van der Waals surface area contributed by atoms with Gasteiger partial charge >= 0.3 is 5.97 Å². The Morgan fingerprint density at radius 1 is 1.10 bits per heavy atom. The minimum absolute atomic E-state index is 0.182. The zero-order valence-corrected chi connectivity index (χ0v) is 19.1. The fourth-order valence-electron chi connectivity index (χ4n) is 3.53. The zero-order chi connectivity index (χ0) is 21.8. The first-order valence-corrected chi connectivity index (χ1v) is 11.5. The molecule has 2 aliphatic rings. The molecule has 2 heterocycles. The zero-order valence-electron chi connectivity index (χ0n) is 17.5. The standard InChI is InChI=1S/C22H26N2O4S2/c1-4-5-6-9-12-23-16-11-8-7-10-15(16)18(20(23)26)19-21(27)24(22(29)30-19)13-17(25)28-14(2)3/h7-8,10-11,14H,4-6,9,12-13H2,1-3H3. The number of hydrogen-bond donors (Lipinski definition) is 0. The van der Waals surface area contributed by atoms with Gasteiger partial charge in [-0.3, -0.25) is 19.3 Å². The summed E-state index contributed by atoms with van der Waals surface area (Å²) in [5.74, 6) is -1.13. The van der Waals surface area contributed by atoms with Crippen LogP contribution in [0.2, 0.25) is 0 Å². The van der Waals surface area contributed by atoms with Crippen LogP contribution in [-0.4, -0.2) is 46.2 Å². The van der Waals surface area contributed by atoms with Gasteiger partial charge in [-0.2, -0.15) is 0 Å². The van der Waals surface area contributed by atoms with E-state index >= 15 is 0 Å². The number of amides is 2. The molecule has 0 bridgehead atoms. The molecule has 1 fully saturated rings. The minimum Gasteiger partial charge on any atom is -0.462 e. The first-order valence-electron chi connectivity index (χ1n) is 10.2. The lowest BCUT2D eigenvalue weighted by atomic mass is 10.1. The van der Waals surface area contributed by atoms with Crippen LogP contribution in [0, 0.1) is 0 Å². The van der Waals surface area contributed by atoms with Gasteiger partial charge in [0, 0.05) is 12.1 Å². The van der Waals surface area contributed by atoms with E-state index in [9.17, 15) is 14.4 Å². The maximum atomic E-state index is 13.3. The van der Waals surface area contributed by atoms with E-state index in [0.717, 1.165) is 48.7 Å². The topological polar surface area (TPSA) is 66.9 Å². The van der Waals surface area contributed by atoms with Gasteiger partial charge in [0.05, 0.1) is 22.3 Å². The van der Waals surface area contributed by atoms with Crippen LogP contribution in [-0.2, 0) is 19.1 Å². The largest absolute Gasteiger partial charge is 0.462 e. The molecule has 0 aromatic heterocycles. The maximum Gasteiger partial charge on any atom is 0.326 e. The van der Waals surface area contributed by atoms with Crippen LogP contribution in [0.5, 0.6) is 0 Å². The Bertz CT molecular complexity index is 910. The lowest BCUT2D eigenvalue weighted by molar-refractivity contribution is -0.149. The third kappa shape index (κ3) is 4.59. The summed E-state index contributed by atoms with van der Waals surface area (Å²) in [6.45, 7) is 5.99. The van der Waals surface area contributed by atoms with Crippen molar-refractivity contribution in [2.75, 3.05) is 18.0 Å². The van der Waals surface area contributed by atoms with Gasteiger partial charge in [0.15, 0.2) is 0 Å². The Balaban J connectivity index is 1.88. The molecule has 1 aromatic carbocycles. The normalized spacial score (nSPS) is 18.6. The van der Waals surface area contributed by atoms with Gasteiger partial charge in [-0.15, -0.1) is 0 Å². The van der Waals surface area contributed by atoms with Crippen LogP contribution < -0.4 is 4.90 Å². The molecular formula is C22H26N2O4S2. The van der Waals surface area contributed by atoms with Crippen molar-refractivity contribution in [3.05, 3.63) is 34.7 Å². The number of fused-ring (bicyclic) bond motifs is 1. The molecule has 3 rings (SSSR count). The Morgan fingerprint density at radius 3 is 2.53 bits per heavy atom. The lowest BCUT2D eigenvalue weighted by Crippen LogP contribution is -2.35. The van der Waals surface area contributed by atoms with E-state index in [1.165, 1.54) is 4.90 Å². The number of para-hydroxylation sites is 1. The van der Waals surface area contributed by atoms with Crippen LogP contribution in [0.25, 0.3) is 5.57 Å². The summed E-state index contributed by atoms with van der Waals surface area (Å²) in [4.78, 5) is 41.6. The third-order valence-electron chi connectivity index (χ3n) is 4.89. The van der Waals surface area contributed by atoms with E-state index in [1.807, 2.05) is 24.3 Å². The molecule has 0 aliphatic carbocycles. The van der Waals surface area contributed by atoms with E-state index < -0.39 is 11.9 Å². The lowest BCUT2D eigenvalue weighted by Gasteiger charge is -2.17. The molecule has 1 saturated heterocycles. The highest BCUT2D eigenvalue weighted by Crippen LogP contribution is 2.44. The number of carbonyl (C=O) groups is 3. The van der Waals surface area contributed by atoms with Gasteiger partial charge < -0.3 is 9.64 Å². The number of esters is 1. The van der Waals surface area contributed by atoms with Gasteiger partial charge in [0.25, 0.3) is 11.8 Å². The quantitative estimate of drug-likeness (QED) is 0.259. The summed E-state index contributed by atoms with van der Waals surface area (Å²) >= 11 is 6.40. The van der Waals surface area contributed by atoms with Gasteiger partial charge in [0.2, 0.25) is 0 Å². The van der Waals surface area contributed by atoms with Crippen LogP contribution in [0.4, 0.5) is 5.69 Å². The van der Waals surface area contributed by atoms with Crippen molar-refractivity contribution in [2.45, 2.75) is 52.6 Å². The molecule has 0 unspecified atom stereocenters. The third-order valence-corrected chi connectivity index (χ3v) is 6.34. The molecule has 2 amide bonds. The summed E-state index contributed by atoms with van der Waals surface area (Å²) in [5.41, 5.74) is 1.93. The highest BCUT2D eigenvalue weighted by molar-refractivity contribution is 8.26. The molecule has 8 heteroatoms. The molecule has 160 valence electrons. The first kappa shape index (κ1) is 22.5. The summed E-state index contributed by atoms with van der Waals surface area (Å²) in [6, 6.07) is 7.50. The van der Waals surface area contributed by atoms with Gasteiger partial charge in [-0.05, 0) is 26.3 Å². The number of anilines is 1. The number of nitrogens with zero attached hydrogens (tertiary/aromatic N) is 2. The van der Waals surface area contributed by atoms with E-state index in [0.29, 0.717) is 12.1 Å². The second-order valence-electron chi connectivity index (χ2n) is 7.54. The van der Waals surface area contributed by atoms with E-state index in [-0.39, 0.29) is 27.8 Å². The molecule has 1 aromatic rings. The molecular weight excluding hydrogens is 420 g/mol. The summed E-state index contributed by atoms with van der Waals surface area (Å²) < 4.78 is 5.39. The summed E-state index contributed by atoms with van der Waals surface area (Å²) in [6.07, 6.45) is 3.93. The molecule has 30 heavy (non-hydrogen) atoms. The number of thioether (sulfide) groups is 1. The molecule has 0 radical (unpaired) electrons. The Morgan fingerprint density at radius 2 is 1.83 bits per heavy atom. The van der Waals surface area contributed by atoms with Crippen LogP contribution in [0.3, 0.4) is 0 Å². The molecule has 0 N–H and O–H groups in total. The average molecular weight is 447 g/mol. The molecule has 0 saturated carbocycles. The second-order valence-corrected chi connectivity index (χ2v) is 9.18. The molecule has 0 spiro atoms. The SMILES string of the molecule is CCCCCCN1C(=O)C(=C2SC(=S)N(CC(=O)OC(C)C)C2=O)c2ccccc21. The molecule has 2 aliphatic heterocycles. The number of benzene rings is 1. The van der Waals surface area contributed by atoms with E-state index in [1.54, 1.807) is 18.7 Å². The fourth-order valence-corrected chi connectivity index (χ4v) is 4.86. The van der Waals surface area contributed by atoms with Crippen molar-refractivity contribution in [3.63, 3.8) is 0 Å². The number of ether oxygens (including phenoxy) is 1. The van der Waals surface area contributed by atoms with Gasteiger partial charge in [-0.1, -0.05) is 68.4 Å². The van der Waals surface area contributed by atoms with E-state index in [4.69, 9.17) is 17.0 Å². The van der Waals surface area contributed by atoms with E-state index in [2.05, 4.69) is 6.92 Å². The van der Waals surface area contributed by atoms with Crippen molar-refractivity contribution in [2.24, 2.45) is 0 Å². The van der Waals surface area contributed by atoms with Gasteiger partial charge in [-0.25, -0.2) is 0 Å². The fraction of sp³-hybridized carbons (Fsp3) is 0.455. The Kier molecular flexibility index (Phi) is 7.31. The maximum absolute atomic E-state index is 13.3. The molecule has 0 atom stereocenters. The van der Waals surface area contributed by atoms with Crippen LogP contribution in [0.1, 0.15) is 52.0 Å². The number of unbranched alkanes of at least 4 members (excludes halogenated alkanes) is 3. The highest BCUT2D eigenvalue weighted by atomic mass is 32.2. The second kappa shape index (κ2) is 9.75. The van der Waals surface area contributed by atoms with Crippen molar-refractivity contribution >= 4 is 57.3 Å². The van der Waals surface area contributed by atoms with Crippen molar-refractivity contribution in [1.29, 1.82) is 0 Å². The summed E-state index contributed by atoms with van der Waals surface area (Å²) in [7, 11) is 0. The minimum atomic E-state index is -0.525. The van der Waals surface area contributed by atoms with Crippen LogP contribution >= 0.6 is 24.0 Å². The monoisotopic (exact) mass is 446 g/mol. The van der Waals surface area contributed by atoms with Crippen molar-refractivity contribution < 1.29 is 19.1 Å². The number of rotatable bonds is 8. The van der Waals surface area contributed by atoms with Crippen molar-refractivity contribution in [1.82, 2.24) is 4.90 Å². The van der Waals surface area contributed by atoms with Gasteiger partial charge in [0.1, 0.15) is 10.9 Å². The smallest absolute Gasteiger partial charge is 0.326 e. The predicted molar refractivity (Wildman–Crippen MR) is 123 cm³/mol.